The lowest BCUT2D eigenvalue weighted by Crippen LogP contribution is -2.49. The zero-order valence-corrected chi connectivity index (χ0v) is 22.0. The second-order valence-corrected chi connectivity index (χ2v) is 9.83. The van der Waals surface area contributed by atoms with E-state index < -0.39 is 11.4 Å². The lowest BCUT2D eigenvalue weighted by atomic mass is 9.72. The number of carboxylic acid groups (broad SMARTS) is 1. The molecule has 0 unspecified atom stereocenters. The molecule has 0 bridgehead atoms. The average Bonchev–Trinajstić information content (AvgIpc) is 2.98. The van der Waals surface area contributed by atoms with Crippen LogP contribution in [-0.4, -0.2) is 35.0 Å². The molecule has 200 valence electrons. The van der Waals surface area contributed by atoms with Crippen LogP contribution < -0.4 is 5.73 Å². The fraction of sp³-hybridized carbons (Fsp3) is 0.212. The number of carboxylic acids is 1. The molecule has 3 N–H and O–H groups in total. The molecule has 1 aliphatic heterocycles. The van der Waals surface area contributed by atoms with Gasteiger partial charge < -0.3 is 15.7 Å². The summed E-state index contributed by atoms with van der Waals surface area (Å²) in [4.78, 5) is 26.7. The third-order valence-corrected chi connectivity index (χ3v) is 7.27. The van der Waals surface area contributed by atoms with Gasteiger partial charge in [0, 0.05) is 24.7 Å². The molecular weight excluding hydrogens is 491 g/mol. The van der Waals surface area contributed by atoms with E-state index in [-0.39, 0.29) is 17.8 Å². The van der Waals surface area contributed by atoms with Crippen molar-refractivity contribution in [1.29, 1.82) is 0 Å². The second kappa shape index (κ2) is 12.5. The van der Waals surface area contributed by atoms with Gasteiger partial charge in [-0.25, -0.2) is 4.39 Å². The summed E-state index contributed by atoms with van der Waals surface area (Å²) in [7, 11) is 0. The molecule has 0 aromatic heterocycles. The fourth-order valence-corrected chi connectivity index (χ4v) is 4.86. The Hall–Kier alpha value is -4.29. The Morgan fingerprint density at radius 1 is 0.795 bits per heavy atom. The summed E-state index contributed by atoms with van der Waals surface area (Å²) >= 11 is 0. The number of piperidine rings is 1. The third-order valence-electron chi connectivity index (χ3n) is 7.27. The van der Waals surface area contributed by atoms with Crippen molar-refractivity contribution in [3.63, 3.8) is 0 Å². The first kappa shape index (κ1) is 27.7. The van der Waals surface area contributed by atoms with Crippen molar-refractivity contribution in [1.82, 2.24) is 4.90 Å². The maximum atomic E-state index is 13.1. The van der Waals surface area contributed by atoms with Gasteiger partial charge in [0.15, 0.2) is 0 Å². The summed E-state index contributed by atoms with van der Waals surface area (Å²) in [6.45, 7) is 2.76. The van der Waals surface area contributed by atoms with Gasteiger partial charge in [-0.3, -0.25) is 9.59 Å². The molecule has 1 fully saturated rings. The number of rotatable bonds is 5. The van der Waals surface area contributed by atoms with Gasteiger partial charge >= 0.3 is 5.97 Å². The molecule has 6 heteroatoms. The zero-order valence-electron chi connectivity index (χ0n) is 22.0. The van der Waals surface area contributed by atoms with Crippen LogP contribution in [0.5, 0.6) is 0 Å². The largest absolute Gasteiger partial charge is 0.481 e. The smallest absolute Gasteiger partial charge is 0.314 e. The van der Waals surface area contributed by atoms with Crippen LogP contribution in [0.25, 0.3) is 11.1 Å². The predicted molar refractivity (Wildman–Crippen MR) is 152 cm³/mol. The molecule has 4 aromatic rings. The first-order valence-electron chi connectivity index (χ1n) is 13.0. The number of halogens is 1. The fourth-order valence-electron chi connectivity index (χ4n) is 4.86. The maximum absolute atomic E-state index is 13.1. The van der Waals surface area contributed by atoms with E-state index in [0.29, 0.717) is 31.5 Å². The van der Waals surface area contributed by atoms with Crippen molar-refractivity contribution in [2.75, 3.05) is 13.1 Å². The lowest BCUT2D eigenvalue weighted by molar-refractivity contribution is -0.145. The molecule has 0 radical (unpaired) electrons. The van der Waals surface area contributed by atoms with Gasteiger partial charge in [-0.1, -0.05) is 84.9 Å². The number of aliphatic carboxylic acids is 1. The number of nitrogens with zero attached hydrogens (tertiary/aromatic N) is 1. The first-order valence-corrected chi connectivity index (χ1v) is 13.0. The third kappa shape index (κ3) is 6.59. The summed E-state index contributed by atoms with van der Waals surface area (Å²) in [6.07, 6.45) is 0.761. The molecule has 1 atom stereocenters. The van der Waals surface area contributed by atoms with Crippen molar-refractivity contribution in [2.45, 2.75) is 31.2 Å². The summed E-state index contributed by atoms with van der Waals surface area (Å²) in [5, 5.41) is 9.91. The Kier molecular flexibility index (Phi) is 8.89. The number of likely N-dealkylation sites (tertiary alicyclic amines) is 1. The highest BCUT2D eigenvalue weighted by Gasteiger charge is 2.43. The van der Waals surface area contributed by atoms with E-state index in [1.54, 1.807) is 29.2 Å². The molecule has 0 saturated carbocycles. The molecule has 1 amide bonds. The van der Waals surface area contributed by atoms with E-state index >= 15 is 0 Å². The highest BCUT2D eigenvalue weighted by Crippen LogP contribution is 2.36. The van der Waals surface area contributed by atoms with Crippen molar-refractivity contribution < 1.29 is 19.1 Å². The Morgan fingerprint density at radius 3 is 1.74 bits per heavy atom. The van der Waals surface area contributed by atoms with Crippen molar-refractivity contribution in [3.05, 3.63) is 132 Å². The number of hydrogen-bond acceptors (Lipinski definition) is 3. The Morgan fingerprint density at radius 2 is 1.28 bits per heavy atom. The second-order valence-electron chi connectivity index (χ2n) is 9.83. The Labute approximate surface area is 228 Å². The van der Waals surface area contributed by atoms with E-state index in [2.05, 4.69) is 0 Å². The number of nitrogens with two attached hydrogens (primary N) is 1. The SMILES string of the molecule is C[C@H](N)c1ccccc1.O=C(c1ccc(-c2ccc(F)cc2)cc1)N1CCC(C(=O)O)(c2ccccc2)CC1. The van der Waals surface area contributed by atoms with E-state index in [1.807, 2.05) is 79.7 Å². The van der Waals surface area contributed by atoms with Crippen LogP contribution in [0.15, 0.2) is 109 Å². The zero-order chi connectivity index (χ0) is 27.8. The van der Waals surface area contributed by atoms with Crippen LogP contribution in [0.1, 0.15) is 47.3 Å². The molecule has 1 saturated heterocycles. The van der Waals surface area contributed by atoms with E-state index in [1.165, 1.54) is 17.7 Å². The number of carbonyl (C=O) groups excluding carboxylic acids is 1. The number of benzene rings is 4. The lowest BCUT2D eigenvalue weighted by Gasteiger charge is -2.39. The quantitative estimate of drug-likeness (QED) is 0.314. The van der Waals surface area contributed by atoms with Crippen LogP contribution in [0, 0.1) is 5.82 Å². The molecule has 1 aliphatic rings. The summed E-state index contributed by atoms with van der Waals surface area (Å²) in [6, 6.07) is 32.9. The van der Waals surface area contributed by atoms with Gasteiger partial charge in [-0.2, -0.15) is 0 Å². The minimum atomic E-state index is -0.954. The summed E-state index contributed by atoms with van der Waals surface area (Å²) in [5.74, 6) is -1.24. The van der Waals surface area contributed by atoms with Crippen LogP contribution in [0.2, 0.25) is 0 Å². The van der Waals surface area contributed by atoms with E-state index in [9.17, 15) is 19.1 Å². The molecular formula is C33H33FN2O3. The van der Waals surface area contributed by atoms with Crippen LogP contribution in [0.4, 0.5) is 4.39 Å². The number of amides is 1. The van der Waals surface area contributed by atoms with Crippen LogP contribution in [-0.2, 0) is 10.2 Å². The highest BCUT2D eigenvalue weighted by atomic mass is 19.1. The molecule has 0 aliphatic carbocycles. The molecule has 5 nitrogen and oxygen atoms in total. The van der Waals surface area contributed by atoms with Crippen molar-refractivity contribution in [3.8, 4) is 11.1 Å². The first-order chi connectivity index (χ1) is 18.8. The summed E-state index contributed by atoms with van der Waals surface area (Å²) < 4.78 is 13.1. The van der Waals surface area contributed by atoms with Crippen molar-refractivity contribution >= 4 is 11.9 Å². The van der Waals surface area contributed by atoms with Gasteiger partial charge in [0.1, 0.15) is 5.82 Å². The number of hydrogen-bond donors (Lipinski definition) is 2. The molecule has 0 spiro atoms. The van der Waals surface area contributed by atoms with Gasteiger partial charge in [0.05, 0.1) is 5.41 Å². The summed E-state index contributed by atoms with van der Waals surface area (Å²) in [5.41, 5.74) is 8.98. The monoisotopic (exact) mass is 524 g/mol. The molecule has 4 aromatic carbocycles. The van der Waals surface area contributed by atoms with Gasteiger partial charge in [-0.05, 0) is 66.3 Å². The van der Waals surface area contributed by atoms with E-state index in [4.69, 9.17) is 5.73 Å². The standard InChI is InChI=1S/C25H22FNO3.C8H11N/c26-22-12-10-19(11-13-22)18-6-8-20(9-7-18)23(28)27-16-14-25(15-17-27,24(29)30)21-4-2-1-3-5-21;1-7(9)8-5-3-2-4-6-8/h1-13H,14-17H2,(H,29,30);2-7H,9H2,1H3/t;7-/m.0/s1. The Balaban J connectivity index is 0.000000333. The molecule has 39 heavy (non-hydrogen) atoms. The predicted octanol–water partition coefficient (Wildman–Crippen LogP) is 6.46. The number of carbonyl (C=O) groups is 2. The minimum absolute atomic E-state index is 0.104. The topological polar surface area (TPSA) is 83.6 Å². The highest BCUT2D eigenvalue weighted by molar-refractivity contribution is 5.95. The van der Waals surface area contributed by atoms with Crippen LogP contribution in [0.3, 0.4) is 0 Å². The van der Waals surface area contributed by atoms with Gasteiger partial charge in [-0.15, -0.1) is 0 Å². The van der Waals surface area contributed by atoms with Crippen molar-refractivity contribution in [2.24, 2.45) is 5.73 Å². The van der Waals surface area contributed by atoms with Gasteiger partial charge in [0.25, 0.3) is 5.91 Å². The average molecular weight is 525 g/mol. The van der Waals surface area contributed by atoms with Crippen LogP contribution >= 0.6 is 0 Å². The maximum Gasteiger partial charge on any atom is 0.314 e. The minimum Gasteiger partial charge on any atom is -0.481 e. The van der Waals surface area contributed by atoms with Gasteiger partial charge in [0.2, 0.25) is 0 Å². The normalized spacial score (nSPS) is 15.0. The molecule has 1 heterocycles. The molecule has 5 rings (SSSR count). The van der Waals surface area contributed by atoms with E-state index in [0.717, 1.165) is 16.7 Å². The Bertz CT molecular complexity index is 1360.